The number of nitrogens with one attached hydrogen (secondary N) is 2. The van der Waals surface area contributed by atoms with Crippen molar-refractivity contribution in [3.05, 3.63) is 59.7 Å². The molecular formula is C24H30N2O3. The van der Waals surface area contributed by atoms with Gasteiger partial charge in [-0.2, -0.15) is 0 Å². The van der Waals surface area contributed by atoms with Gasteiger partial charge in [-0.25, -0.2) is 0 Å². The second kappa shape index (κ2) is 10.1. The Balaban J connectivity index is 1.61. The summed E-state index contributed by atoms with van der Waals surface area (Å²) in [6.07, 6.45) is 5.72. The maximum Gasteiger partial charge on any atom is 0.259 e. The number of ether oxygens (including phenoxy) is 1. The van der Waals surface area contributed by atoms with Crippen LogP contribution in [0.25, 0.3) is 0 Å². The molecule has 0 aliphatic heterocycles. The van der Waals surface area contributed by atoms with Gasteiger partial charge in [0.05, 0.1) is 12.2 Å². The van der Waals surface area contributed by atoms with Gasteiger partial charge in [0.15, 0.2) is 0 Å². The summed E-state index contributed by atoms with van der Waals surface area (Å²) in [6, 6.07) is 14.5. The van der Waals surface area contributed by atoms with Gasteiger partial charge in [-0.15, -0.1) is 0 Å². The molecule has 0 saturated heterocycles. The van der Waals surface area contributed by atoms with Crippen LogP contribution < -0.4 is 15.4 Å². The van der Waals surface area contributed by atoms with Gasteiger partial charge in [0.25, 0.3) is 11.8 Å². The number of para-hydroxylation sites is 1. The molecule has 154 valence electrons. The first kappa shape index (κ1) is 20.9. The molecule has 1 aliphatic carbocycles. The molecule has 3 rings (SSSR count). The van der Waals surface area contributed by atoms with E-state index in [2.05, 4.69) is 24.5 Å². The number of benzene rings is 2. The summed E-state index contributed by atoms with van der Waals surface area (Å²) in [4.78, 5) is 25.1. The second-order valence-corrected chi connectivity index (χ2v) is 8.04. The highest BCUT2D eigenvalue weighted by Gasteiger charge is 2.17. The van der Waals surface area contributed by atoms with Gasteiger partial charge in [0.2, 0.25) is 0 Å². The maximum atomic E-state index is 12.7. The van der Waals surface area contributed by atoms with Crippen molar-refractivity contribution in [1.82, 2.24) is 5.32 Å². The van der Waals surface area contributed by atoms with Gasteiger partial charge in [0.1, 0.15) is 5.75 Å². The third-order valence-corrected chi connectivity index (χ3v) is 5.05. The Kier molecular flexibility index (Phi) is 7.28. The van der Waals surface area contributed by atoms with E-state index in [-0.39, 0.29) is 17.9 Å². The summed E-state index contributed by atoms with van der Waals surface area (Å²) in [5.74, 6) is 0.659. The number of anilines is 1. The minimum absolute atomic E-state index is 0.0535. The number of rotatable bonds is 7. The quantitative estimate of drug-likeness (QED) is 0.692. The van der Waals surface area contributed by atoms with Crippen LogP contribution in [0.1, 0.15) is 66.7 Å². The van der Waals surface area contributed by atoms with Crippen LogP contribution >= 0.6 is 0 Å². The molecule has 1 aliphatic rings. The van der Waals surface area contributed by atoms with Crippen molar-refractivity contribution >= 4 is 17.5 Å². The van der Waals surface area contributed by atoms with Crippen LogP contribution in [0.5, 0.6) is 5.75 Å². The van der Waals surface area contributed by atoms with Crippen LogP contribution in [-0.4, -0.2) is 24.5 Å². The van der Waals surface area contributed by atoms with Crippen LogP contribution in [-0.2, 0) is 0 Å². The highest BCUT2D eigenvalue weighted by Crippen LogP contribution is 2.21. The first-order valence-corrected chi connectivity index (χ1v) is 10.5. The second-order valence-electron chi connectivity index (χ2n) is 8.04. The van der Waals surface area contributed by atoms with Crippen LogP contribution in [0.15, 0.2) is 48.5 Å². The monoisotopic (exact) mass is 394 g/mol. The fourth-order valence-corrected chi connectivity index (χ4v) is 3.46. The van der Waals surface area contributed by atoms with Gasteiger partial charge in [-0.3, -0.25) is 9.59 Å². The molecule has 0 radical (unpaired) electrons. The molecular weight excluding hydrogens is 364 g/mol. The van der Waals surface area contributed by atoms with E-state index in [1.165, 1.54) is 19.3 Å². The van der Waals surface area contributed by atoms with E-state index in [1.54, 1.807) is 36.4 Å². The van der Waals surface area contributed by atoms with Crippen LogP contribution in [0, 0.1) is 5.92 Å². The van der Waals surface area contributed by atoms with Crippen molar-refractivity contribution in [2.45, 2.75) is 52.0 Å². The van der Waals surface area contributed by atoms with Crippen LogP contribution in [0.2, 0.25) is 0 Å². The van der Waals surface area contributed by atoms with Gasteiger partial charge in [-0.05, 0) is 55.2 Å². The van der Waals surface area contributed by atoms with Crippen molar-refractivity contribution in [3.8, 4) is 5.75 Å². The van der Waals surface area contributed by atoms with E-state index in [9.17, 15) is 9.59 Å². The number of amides is 2. The molecule has 2 aromatic rings. The Morgan fingerprint density at radius 3 is 2.34 bits per heavy atom. The highest BCUT2D eigenvalue weighted by molar-refractivity contribution is 6.06. The van der Waals surface area contributed by atoms with Crippen molar-refractivity contribution in [1.29, 1.82) is 0 Å². The summed E-state index contributed by atoms with van der Waals surface area (Å²) in [7, 11) is 0. The average molecular weight is 395 g/mol. The first-order chi connectivity index (χ1) is 14.0. The summed E-state index contributed by atoms with van der Waals surface area (Å²) in [6.45, 7) is 4.68. The fraction of sp³-hybridized carbons (Fsp3) is 0.417. The van der Waals surface area contributed by atoms with Crippen molar-refractivity contribution in [2.75, 3.05) is 11.9 Å². The Morgan fingerprint density at radius 1 is 0.966 bits per heavy atom. The van der Waals surface area contributed by atoms with Crippen LogP contribution in [0.4, 0.5) is 5.69 Å². The topological polar surface area (TPSA) is 67.4 Å². The zero-order chi connectivity index (χ0) is 20.6. The fourth-order valence-electron chi connectivity index (χ4n) is 3.46. The Hall–Kier alpha value is -2.82. The lowest BCUT2D eigenvalue weighted by atomic mass is 9.95. The van der Waals surface area contributed by atoms with Gasteiger partial charge in [-0.1, -0.05) is 45.2 Å². The lowest BCUT2D eigenvalue weighted by Crippen LogP contribution is -2.36. The van der Waals surface area contributed by atoms with E-state index >= 15 is 0 Å². The zero-order valence-corrected chi connectivity index (χ0v) is 17.2. The Bertz CT molecular complexity index is 824. The smallest absolute Gasteiger partial charge is 0.259 e. The number of hydrogen-bond donors (Lipinski definition) is 2. The number of hydrogen-bond acceptors (Lipinski definition) is 3. The molecule has 29 heavy (non-hydrogen) atoms. The first-order valence-electron chi connectivity index (χ1n) is 10.5. The third kappa shape index (κ3) is 6.08. The van der Waals surface area contributed by atoms with Gasteiger partial charge < -0.3 is 15.4 Å². The van der Waals surface area contributed by atoms with E-state index in [0.29, 0.717) is 35.1 Å². The van der Waals surface area contributed by atoms with Crippen molar-refractivity contribution in [2.24, 2.45) is 5.92 Å². The standard InChI is InChI=1S/C24H30N2O3/c1-17(2)16-29-22-11-7-6-10-21(22)24(28)26-20-14-12-18(13-15-20)23(27)25-19-8-4-3-5-9-19/h6-7,10-15,17,19H,3-5,8-9,16H2,1-2H3,(H,25,27)(H,26,28). The average Bonchev–Trinajstić information content (AvgIpc) is 2.73. The van der Waals surface area contributed by atoms with Crippen molar-refractivity contribution in [3.63, 3.8) is 0 Å². The molecule has 5 heteroatoms. The molecule has 0 spiro atoms. The largest absolute Gasteiger partial charge is 0.492 e. The molecule has 2 aromatic carbocycles. The normalized spacial score (nSPS) is 14.4. The predicted octanol–water partition coefficient (Wildman–Crippen LogP) is 5.04. The molecule has 0 unspecified atom stereocenters. The molecule has 0 aromatic heterocycles. The Morgan fingerprint density at radius 2 is 1.66 bits per heavy atom. The third-order valence-electron chi connectivity index (χ3n) is 5.05. The Labute approximate surface area is 172 Å². The SMILES string of the molecule is CC(C)COc1ccccc1C(=O)Nc1ccc(C(=O)NC2CCCCC2)cc1. The number of carbonyl (C=O) groups is 2. The minimum atomic E-state index is -0.233. The molecule has 0 heterocycles. The number of carbonyl (C=O) groups excluding carboxylic acids is 2. The highest BCUT2D eigenvalue weighted by atomic mass is 16.5. The zero-order valence-electron chi connectivity index (χ0n) is 17.2. The minimum Gasteiger partial charge on any atom is -0.492 e. The molecule has 1 saturated carbocycles. The molecule has 2 amide bonds. The maximum absolute atomic E-state index is 12.7. The van der Waals surface area contributed by atoms with E-state index < -0.39 is 0 Å². The lowest BCUT2D eigenvalue weighted by Gasteiger charge is -2.22. The summed E-state index contributed by atoms with van der Waals surface area (Å²) in [5, 5.41) is 5.99. The summed E-state index contributed by atoms with van der Waals surface area (Å²) >= 11 is 0. The molecule has 1 fully saturated rings. The van der Waals surface area contributed by atoms with E-state index in [0.717, 1.165) is 12.8 Å². The van der Waals surface area contributed by atoms with Crippen LogP contribution in [0.3, 0.4) is 0 Å². The molecule has 2 N–H and O–H groups in total. The van der Waals surface area contributed by atoms with E-state index in [1.807, 2.05) is 12.1 Å². The summed E-state index contributed by atoms with van der Waals surface area (Å²) < 4.78 is 5.77. The molecule has 5 nitrogen and oxygen atoms in total. The molecule has 0 atom stereocenters. The lowest BCUT2D eigenvalue weighted by molar-refractivity contribution is 0.0927. The van der Waals surface area contributed by atoms with Gasteiger partial charge in [0, 0.05) is 17.3 Å². The van der Waals surface area contributed by atoms with Crippen molar-refractivity contribution < 1.29 is 14.3 Å². The van der Waals surface area contributed by atoms with E-state index in [4.69, 9.17) is 4.74 Å². The molecule has 0 bridgehead atoms. The van der Waals surface area contributed by atoms with Gasteiger partial charge >= 0.3 is 0 Å². The summed E-state index contributed by atoms with van der Waals surface area (Å²) in [5.41, 5.74) is 1.74. The predicted molar refractivity (Wildman–Crippen MR) is 116 cm³/mol.